The Morgan fingerprint density at radius 3 is 3.07 bits per heavy atom. The van der Waals surface area contributed by atoms with Crippen molar-refractivity contribution in [3.8, 4) is 0 Å². The SMILES string of the molecule is NC/C=C/c1cccc2[nH]cc(Cl)c12. The van der Waals surface area contributed by atoms with Crippen molar-refractivity contribution in [3.05, 3.63) is 41.1 Å². The summed E-state index contributed by atoms with van der Waals surface area (Å²) >= 11 is 6.06. The summed E-state index contributed by atoms with van der Waals surface area (Å²) in [5, 5.41) is 1.80. The molecule has 1 aromatic carbocycles. The van der Waals surface area contributed by atoms with Crippen molar-refractivity contribution in [1.29, 1.82) is 0 Å². The van der Waals surface area contributed by atoms with Gasteiger partial charge in [-0.3, -0.25) is 0 Å². The van der Waals surface area contributed by atoms with Gasteiger partial charge >= 0.3 is 0 Å². The molecule has 0 aliphatic rings. The number of hydrogen-bond acceptors (Lipinski definition) is 1. The van der Waals surface area contributed by atoms with Gasteiger partial charge in [0.15, 0.2) is 0 Å². The summed E-state index contributed by atoms with van der Waals surface area (Å²) < 4.78 is 0. The monoisotopic (exact) mass is 206 g/mol. The summed E-state index contributed by atoms with van der Waals surface area (Å²) in [5.41, 5.74) is 7.55. The van der Waals surface area contributed by atoms with Crippen molar-refractivity contribution >= 4 is 28.6 Å². The van der Waals surface area contributed by atoms with E-state index in [0.29, 0.717) is 6.54 Å². The fourth-order valence-electron chi connectivity index (χ4n) is 1.50. The van der Waals surface area contributed by atoms with E-state index in [2.05, 4.69) is 4.98 Å². The van der Waals surface area contributed by atoms with E-state index >= 15 is 0 Å². The van der Waals surface area contributed by atoms with Crippen molar-refractivity contribution < 1.29 is 0 Å². The predicted molar refractivity (Wildman–Crippen MR) is 61.4 cm³/mol. The molecule has 0 unspecified atom stereocenters. The van der Waals surface area contributed by atoms with Crippen molar-refractivity contribution in [3.63, 3.8) is 0 Å². The first kappa shape index (κ1) is 9.31. The van der Waals surface area contributed by atoms with Crippen LogP contribution in [0.15, 0.2) is 30.5 Å². The van der Waals surface area contributed by atoms with E-state index in [-0.39, 0.29) is 0 Å². The first-order valence-electron chi connectivity index (χ1n) is 4.45. The van der Waals surface area contributed by atoms with E-state index in [0.717, 1.165) is 21.5 Å². The van der Waals surface area contributed by atoms with Gasteiger partial charge < -0.3 is 10.7 Å². The molecule has 0 aliphatic heterocycles. The number of hydrogen-bond donors (Lipinski definition) is 2. The van der Waals surface area contributed by atoms with Crippen LogP contribution in [0.4, 0.5) is 0 Å². The average molecular weight is 207 g/mol. The Kier molecular flexibility index (Phi) is 2.57. The van der Waals surface area contributed by atoms with Gasteiger partial charge in [-0.1, -0.05) is 35.9 Å². The fourth-order valence-corrected chi connectivity index (χ4v) is 1.77. The molecule has 2 aromatic rings. The van der Waals surface area contributed by atoms with E-state index in [9.17, 15) is 0 Å². The second kappa shape index (κ2) is 3.86. The molecule has 0 radical (unpaired) electrons. The average Bonchev–Trinajstić information content (AvgIpc) is 2.58. The minimum atomic E-state index is 0.540. The minimum absolute atomic E-state index is 0.540. The van der Waals surface area contributed by atoms with E-state index in [1.54, 1.807) is 6.20 Å². The summed E-state index contributed by atoms with van der Waals surface area (Å²) in [6.45, 7) is 0.540. The molecule has 14 heavy (non-hydrogen) atoms. The third kappa shape index (κ3) is 1.54. The molecule has 2 rings (SSSR count). The predicted octanol–water partition coefficient (Wildman–Crippen LogP) is 2.79. The van der Waals surface area contributed by atoms with Crippen molar-refractivity contribution in [2.45, 2.75) is 0 Å². The summed E-state index contributed by atoms with van der Waals surface area (Å²) in [4.78, 5) is 3.11. The van der Waals surface area contributed by atoms with Crippen molar-refractivity contribution in [2.24, 2.45) is 5.73 Å². The second-order valence-corrected chi connectivity index (χ2v) is 3.45. The highest BCUT2D eigenvalue weighted by molar-refractivity contribution is 6.36. The molecule has 1 heterocycles. The summed E-state index contributed by atoms with van der Waals surface area (Å²) in [6.07, 6.45) is 5.70. The number of nitrogens with one attached hydrogen (secondary N) is 1. The molecule has 0 amide bonds. The van der Waals surface area contributed by atoms with E-state index in [4.69, 9.17) is 17.3 Å². The van der Waals surface area contributed by atoms with Gasteiger partial charge in [-0.05, 0) is 11.6 Å². The van der Waals surface area contributed by atoms with E-state index in [1.165, 1.54) is 0 Å². The molecule has 0 bridgehead atoms. The Hall–Kier alpha value is -1.25. The second-order valence-electron chi connectivity index (χ2n) is 3.04. The molecule has 0 saturated heterocycles. The summed E-state index contributed by atoms with van der Waals surface area (Å²) in [6, 6.07) is 6.01. The van der Waals surface area contributed by atoms with Crippen LogP contribution in [0.25, 0.3) is 17.0 Å². The number of rotatable bonds is 2. The number of fused-ring (bicyclic) bond motifs is 1. The lowest BCUT2D eigenvalue weighted by atomic mass is 10.1. The first-order chi connectivity index (χ1) is 6.83. The Bertz CT molecular complexity index is 471. The maximum absolute atomic E-state index is 6.06. The highest BCUT2D eigenvalue weighted by Crippen LogP contribution is 2.27. The van der Waals surface area contributed by atoms with Crippen LogP contribution in [-0.2, 0) is 0 Å². The largest absolute Gasteiger partial charge is 0.360 e. The van der Waals surface area contributed by atoms with Gasteiger partial charge in [0.2, 0.25) is 0 Å². The lowest BCUT2D eigenvalue weighted by molar-refractivity contribution is 1.26. The molecule has 0 aliphatic carbocycles. The standard InChI is InChI=1S/C11H11ClN2/c12-9-7-14-10-5-1-3-8(11(9)10)4-2-6-13/h1-5,7,14H,6,13H2/b4-2+. The van der Waals surface area contributed by atoms with Crippen LogP contribution >= 0.6 is 11.6 Å². The van der Waals surface area contributed by atoms with E-state index in [1.807, 2.05) is 30.4 Å². The molecular formula is C11H11ClN2. The molecule has 0 atom stereocenters. The summed E-state index contributed by atoms with van der Waals surface area (Å²) in [7, 11) is 0. The maximum Gasteiger partial charge on any atom is 0.0665 e. The van der Waals surface area contributed by atoms with Crippen LogP contribution < -0.4 is 5.73 Å². The molecule has 72 valence electrons. The molecule has 3 heteroatoms. The highest BCUT2D eigenvalue weighted by Gasteiger charge is 2.03. The lowest BCUT2D eigenvalue weighted by Crippen LogP contribution is -1.91. The minimum Gasteiger partial charge on any atom is -0.360 e. The zero-order chi connectivity index (χ0) is 9.97. The Morgan fingerprint density at radius 2 is 2.29 bits per heavy atom. The van der Waals surface area contributed by atoms with Gasteiger partial charge in [0, 0.05) is 23.6 Å². The van der Waals surface area contributed by atoms with Crippen LogP contribution in [0.2, 0.25) is 5.02 Å². The molecule has 1 aromatic heterocycles. The number of halogens is 1. The van der Waals surface area contributed by atoms with Crippen LogP contribution in [0.3, 0.4) is 0 Å². The van der Waals surface area contributed by atoms with Gasteiger partial charge in [-0.25, -0.2) is 0 Å². The number of nitrogens with two attached hydrogens (primary N) is 1. The van der Waals surface area contributed by atoms with Crippen LogP contribution in [0.5, 0.6) is 0 Å². The third-order valence-electron chi connectivity index (χ3n) is 2.12. The van der Waals surface area contributed by atoms with Gasteiger partial charge in [0.05, 0.1) is 5.02 Å². The Morgan fingerprint density at radius 1 is 1.43 bits per heavy atom. The molecule has 2 nitrogen and oxygen atoms in total. The van der Waals surface area contributed by atoms with E-state index < -0.39 is 0 Å². The maximum atomic E-state index is 6.06. The summed E-state index contributed by atoms with van der Waals surface area (Å²) in [5.74, 6) is 0. The van der Waals surface area contributed by atoms with Gasteiger partial charge in [0.25, 0.3) is 0 Å². The number of aromatic amines is 1. The Balaban J connectivity index is 2.63. The van der Waals surface area contributed by atoms with Crippen LogP contribution in [-0.4, -0.2) is 11.5 Å². The van der Waals surface area contributed by atoms with Gasteiger partial charge in [-0.15, -0.1) is 0 Å². The smallest absolute Gasteiger partial charge is 0.0665 e. The normalized spacial score (nSPS) is 11.6. The molecular weight excluding hydrogens is 196 g/mol. The number of benzene rings is 1. The molecule has 0 spiro atoms. The fraction of sp³-hybridized carbons (Fsp3) is 0.0909. The van der Waals surface area contributed by atoms with Gasteiger partial charge in [-0.2, -0.15) is 0 Å². The number of H-pyrrole nitrogens is 1. The van der Waals surface area contributed by atoms with Gasteiger partial charge in [0.1, 0.15) is 0 Å². The van der Waals surface area contributed by atoms with Crippen molar-refractivity contribution in [1.82, 2.24) is 4.98 Å². The zero-order valence-corrected chi connectivity index (χ0v) is 8.38. The van der Waals surface area contributed by atoms with Crippen molar-refractivity contribution in [2.75, 3.05) is 6.54 Å². The quantitative estimate of drug-likeness (QED) is 0.780. The topological polar surface area (TPSA) is 41.8 Å². The molecule has 0 saturated carbocycles. The number of aromatic nitrogens is 1. The molecule has 3 N–H and O–H groups in total. The lowest BCUT2D eigenvalue weighted by Gasteiger charge is -1.97. The molecule has 0 fully saturated rings. The van der Waals surface area contributed by atoms with Crippen LogP contribution in [0.1, 0.15) is 5.56 Å². The zero-order valence-electron chi connectivity index (χ0n) is 7.63. The first-order valence-corrected chi connectivity index (χ1v) is 4.83. The third-order valence-corrected chi connectivity index (χ3v) is 2.42. The highest BCUT2D eigenvalue weighted by atomic mass is 35.5. The van der Waals surface area contributed by atoms with Crippen LogP contribution in [0, 0.1) is 0 Å². The Labute approximate surface area is 87.4 Å².